The molecular formula is C14H12N2O7. The lowest BCUT2D eigenvalue weighted by atomic mass is 10.1. The van der Waals surface area contributed by atoms with Gasteiger partial charge in [-0.25, -0.2) is 0 Å². The fraction of sp³-hybridized carbons (Fsp3) is 0.286. The summed E-state index contributed by atoms with van der Waals surface area (Å²) in [4.78, 5) is 58.6. The largest absolute Gasteiger partial charge is 0.468 e. The molecule has 120 valence electrons. The van der Waals surface area contributed by atoms with Gasteiger partial charge in [0, 0.05) is 12.6 Å². The molecule has 23 heavy (non-hydrogen) atoms. The Labute approximate surface area is 130 Å². The Morgan fingerprint density at radius 1 is 1.30 bits per heavy atom. The van der Waals surface area contributed by atoms with Crippen molar-refractivity contribution in [2.24, 2.45) is 5.92 Å². The predicted molar refractivity (Wildman–Crippen MR) is 74.7 cm³/mol. The van der Waals surface area contributed by atoms with Crippen molar-refractivity contribution < 1.29 is 28.8 Å². The zero-order valence-electron chi connectivity index (χ0n) is 12.3. The number of ether oxygens (including phenoxy) is 1. The zero-order valence-corrected chi connectivity index (χ0v) is 12.3. The fourth-order valence-corrected chi connectivity index (χ4v) is 2.33. The van der Waals surface area contributed by atoms with Crippen LogP contribution in [0.5, 0.6) is 0 Å². The van der Waals surface area contributed by atoms with E-state index in [9.17, 15) is 29.3 Å². The first-order valence-corrected chi connectivity index (χ1v) is 6.51. The van der Waals surface area contributed by atoms with E-state index in [0.717, 1.165) is 20.1 Å². The van der Waals surface area contributed by atoms with Crippen molar-refractivity contribution in [1.82, 2.24) is 4.90 Å². The van der Waals surface area contributed by atoms with Crippen LogP contribution in [0.3, 0.4) is 0 Å². The van der Waals surface area contributed by atoms with E-state index >= 15 is 0 Å². The van der Waals surface area contributed by atoms with Crippen LogP contribution >= 0.6 is 0 Å². The summed E-state index contributed by atoms with van der Waals surface area (Å²) in [5.41, 5.74) is -0.966. The molecule has 9 heteroatoms. The van der Waals surface area contributed by atoms with Gasteiger partial charge in [-0.2, -0.15) is 0 Å². The van der Waals surface area contributed by atoms with Crippen molar-refractivity contribution in [2.45, 2.75) is 6.92 Å². The third-order valence-electron chi connectivity index (χ3n) is 3.52. The number of hydrogen-bond donors (Lipinski definition) is 0. The van der Waals surface area contributed by atoms with Crippen LogP contribution in [0.15, 0.2) is 18.2 Å². The molecule has 0 radical (unpaired) electrons. The Morgan fingerprint density at radius 2 is 1.96 bits per heavy atom. The molecule has 1 atom stereocenters. The molecule has 1 aliphatic heterocycles. The van der Waals surface area contributed by atoms with Gasteiger partial charge >= 0.3 is 5.97 Å². The number of carbonyl (C=O) groups excluding carboxylic acids is 4. The first-order valence-electron chi connectivity index (χ1n) is 6.51. The molecule has 0 bridgehead atoms. The quantitative estimate of drug-likeness (QED) is 0.255. The number of imide groups is 1. The molecule has 0 N–H and O–H groups in total. The van der Waals surface area contributed by atoms with Crippen LogP contribution in [-0.2, 0) is 14.3 Å². The van der Waals surface area contributed by atoms with Crippen LogP contribution in [0.2, 0.25) is 0 Å². The van der Waals surface area contributed by atoms with Gasteiger partial charge in [-0.1, -0.05) is 6.07 Å². The van der Waals surface area contributed by atoms with Gasteiger partial charge in [-0.15, -0.1) is 0 Å². The van der Waals surface area contributed by atoms with E-state index in [2.05, 4.69) is 4.74 Å². The minimum absolute atomic E-state index is 0.128. The predicted octanol–water partition coefficient (Wildman–Crippen LogP) is 0.569. The normalized spacial score (nSPS) is 14.4. The molecule has 0 saturated carbocycles. The molecule has 1 aliphatic rings. The lowest BCUT2D eigenvalue weighted by molar-refractivity contribution is -0.385. The number of benzene rings is 1. The molecule has 0 aromatic heterocycles. The second-order valence-electron chi connectivity index (χ2n) is 4.86. The summed E-state index contributed by atoms with van der Waals surface area (Å²) < 4.78 is 4.48. The minimum Gasteiger partial charge on any atom is -0.468 e. The second kappa shape index (κ2) is 5.95. The van der Waals surface area contributed by atoms with Gasteiger partial charge in [0.1, 0.15) is 17.3 Å². The number of Topliss-reactive ketones (excluding diaryl/α,β-unsaturated/α-hetero) is 1. The lowest BCUT2D eigenvalue weighted by Crippen LogP contribution is -2.40. The number of methoxy groups -OCH3 is 1. The Kier molecular flexibility index (Phi) is 4.21. The highest BCUT2D eigenvalue weighted by Gasteiger charge is 2.43. The Balaban J connectivity index is 2.41. The SMILES string of the molecule is COC(=O)C(CN1C(=O)c2cccc([N+](=O)[O-])c2C1=O)C(C)=O. The number of nitro benzene ring substituents is 1. The number of ketones is 1. The maximum Gasteiger partial charge on any atom is 0.318 e. The molecule has 1 aromatic rings. The molecule has 2 amide bonds. The number of amides is 2. The number of carbonyl (C=O) groups is 4. The zero-order chi connectivity index (χ0) is 17.3. The summed E-state index contributed by atoms with van der Waals surface area (Å²) in [5.74, 6) is -4.50. The van der Waals surface area contributed by atoms with E-state index < -0.39 is 46.6 Å². The van der Waals surface area contributed by atoms with Crippen molar-refractivity contribution in [3.05, 3.63) is 39.4 Å². The number of esters is 1. The fourth-order valence-electron chi connectivity index (χ4n) is 2.33. The first-order chi connectivity index (χ1) is 10.8. The molecule has 0 spiro atoms. The highest BCUT2D eigenvalue weighted by atomic mass is 16.6. The Hall–Kier alpha value is -3.10. The molecule has 1 heterocycles. The molecule has 0 fully saturated rings. The third-order valence-corrected chi connectivity index (χ3v) is 3.52. The van der Waals surface area contributed by atoms with Gasteiger partial charge in [0.05, 0.1) is 17.6 Å². The summed E-state index contributed by atoms with van der Waals surface area (Å²) >= 11 is 0. The van der Waals surface area contributed by atoms with Gasteiger partial charge in [0.2, 0.25) is 0 Å². The molecule has 1 unspecified atom stereocenters. The number of nitrogens with zero attached hydrogens (tertiary/aromatic N) is 2. The average Bonchev–Trinajstić information content (AvgIpc) is 2.75. The number of hydrogen-bond acceptors (Lipinski definition) is 7. The highest BCUT2D eigenvalue weighted by molar-refractivity contribution is 6.23. The van der Waals surface area contributed by atoms with Crippen molar-refractivity contribution in [1.29, 1.82) is 0 Å². The standard InChI is InChI=1S/C14H12N2O7/c1-7(17)9(14(20)23-2)6-15-12(18)8-4-3-5-10(16(21)22)11(8)13(15)19/h3-5,9H,6H2,1-2H3. The highest BCUT2D eigenvalue weighted by Crippen LogP contribution is 2.31. The Bertz CT molecular complexity index is 741. The van der Waals surface area contributed by atoms with E-state index in [0.29, 0.717) is 4.90 Å². The summed E-state index contributed by atoms with van der Waals surface area (Å²) in [6.07, 6.45) is 0. The molecule has 1 aromatic carbocycles. The van der Waals surface area contributed by atoms with E-state index in [1.807, 2.05) is 0 Å². The van der Waals surface area contributed by atoms with Crippen LogP contribution in [-0.4, -0.2) is 47.0 Å². The summed E-state index contributed by atoms with van der Waals surface area (Å²) in [6.45, 7) is 0.605. The minimum atomic E-state index is -1.33. The Morgan fingerprint density at radius 3 is 2.48 bits per heavy atom. The van der Waals surface area contributed by atoms with E-state index in [-0.39, 0.29) is 11.1 Å². The van der Waals surface area contributed by atoms with Gasteiger partial charge in [0.25, 0.3) is 17.5 Å². The first kappa shape index (κ1) is 16.3. The van der Waals surface area contributed by atoms with Crippen molar-refractivity contribution in [2.75, 3.05) is 13.7 Å². The number of rotatable bonds is 5. The summed E-state index contributed by atoms with van der Waals surface area (Å²) in [7, 11) is 1.07. The average molecular weight is 320 g/mol. The summed E-state index contributed by atoms with van der Waals surface area (Å²) in [5, 5.41) is 11.0. The van der Waals surface area contributed by atoms with Crippen LogP contribution in [0.4, 0.5) is 5.69 Å². The van der Waals surface area contributed by atoms with Crippen molar-refractivity contribution in [3.8, 4) is 0 Å². The molecular weight excluding hydrogens is 308 g/mol. The molecule has 0 aliphatic carbocycles. The van der Waals surface area contributed by atoms with Gasteiger partial charge < -0.3 is 4.74 Å². The van der Waals surface area contributed by atoms with E-state index in [4.69, 9.17) is 0 Å². The van der Waals surface area contributed by atoms with E-state index in [1.165, 1.54) is 12.1 Å². The van der Waals surface area contributed by atoms with Gasteiger partial charge in [-0.3, -0.25) is 34.2 Å². The van der Waals surface area contributed by atoms with Crippen molar-refractivity contribution >= 4 is 29.3 Å². The van der Waals surface area contributed by atoms with Crippen LogP contribution in [0.1, 0.15) is 27.6 Å². The van der Waals surface area contributed by atoms with Gasteiger partial charge in [0.15, 0.2) is 0 Å². The monoisotopic (exact) mass is 320 g/mol. The second-order valence-corrected chi connectivity index (χ2v) is 4.86. The molecule has 0 saturated heterocycles. The number of fused-ring (bicyclic) bond motifs is 1. The van der Waals surface area contributed by atoms with Gasteiger partial charge in [-0.05, 0) is 13.0 Å². The molecule has 9 nitrogen and oxygen atoms in total. The van der Waals surface area contributed by atoms with Crippen LogP contribution in [0.25, 0.3) is 0 Å². The maximum atomic E-state index is 12.3. The lowest BCUT2D eigenvalue weighted by Gasteiger charge is -2.18. The van der Waals surface area contributed by atoms with E-state index in [1.54, 1.807) is 0 Å². The maximum absolute atomic E-state index is 12.3. The van der Waals surface area contributed by atoms with Crippen molar-refractivity contribution in [3.63, 3.8) is 0 Å². The van der Waals surface area contributed by atoms with Crippen LogP contribution in [0, 0.1) is 16.0 Å². The smallest absolute Gasteiger partial charge is 0.318 e. The summed E-state index contributed by atoms with van der Waals surface area (Å²) in [6, 6.07) is 3.67. The number of nitro groups is 1. The topological polar surface area (TPSA) is 124 Å². The third kappa shape index (κ3) is 2.68. The molecule has 2 rings (SSSR count). The van der Waals surface area contributed by atoms with Crippen LogP contribution < -0.4 is 0 Å².